The van der Waals surface area contributed by atoms with Crippen LogP contribution in [0, 0.1) is 0 Å². The molecule has 1 aromatic rings. The van der Waals surface area contributed by atoms with E-state index in [0.717, 1.165) is 12.2 Å². The van der Waals surface area contributed by atoms with Gasteiger partial charge in [-0.15, -0.1) is 0 Å². The second-order valence-corrected chi connectivity index (χ2v) is 7.08. The molecule has 2 unspecified atom stereocenters. The SMILES string of the molecule is CC1CC(N)(c2noc(C(C)(C)C)n2)CS1. The van der Waals surface area contributed by atoms with Crippen molar-refractivity contribution in [2.75, 3.05) is 5.75 Å². The van der Waals surface area contributed by atoms with Crippen LogP contribution in [-0.2, 0) is 11.0 Å². The molecular formula is C11H19N3OS. The second kappa shape index (κ2) is 3.74. The molecule has 1 aliphatic rings. The molecule has 1 saturated heterocycles. The lowest BCUT2D eigenvalue weighted by molar-refractivity contribution is 0.311. The fraction of sp³-hybridized carbons (Fsp3) is 0.818. The lowest BCUT2D eigenvalue weighted by Crippen LogP contribution is -2.38. The Balaban J connectivity index is 2.25. The van der Waals surface area contributed by atoms with E-state index >= 15 is 0 Å². The van der Waals surface area contributed by atoms with Gasteiger partial charge in [-0.1, -0.05) is 32.9 Å². The summed E-state index contributed by atoms with van der Waals surface area (Å²) in [4.78, 5) is 4.45. The summed E-state index contributed by atoms with van der Waals surface area (Å²) >= 11 is 1.87. The molecule has 0 aromatic carbocycles. The smallest absolute Gasteiger partial charge is 0.232 e. The third kappa shape index (κ3) is 2.11. The Bertz CT molecular complexity index is 385. The lowest BCUT2D eigenvalue weighted by Gasteiger charge is -2.18. The van der Waals surface area contributed by atoms with Crippen LogP contribution >= 0.6 is 11.8 Å². The fourth-order valence-electron chi connectivity index (χ4n) is 1.81. The molecular weight excluding hydrogens is 222 g/mol. The van der Waals surface area contributed by atoms with E-state index in [1.165, 1.54) is 0 Å². The summed E-state index contributed by atoms with van der Waals surface area (Å²) in [5.41, 5.74) is 5.80. The van der Waals surface area contributed by atoms with Gasteiger partial charge in [0.2, 0.25) is 5.89 Å². The molecule has 5 heteroatoms. The van der Waals surface area contributed by atoms with Gasteiger partial charge in [-0.3, -0.25) is 0 Å². The zero-order valence-electron chi connectivity index (χ0n) is 10.3. The normalized spacial score (nSPS) is 30.9. The van der Waals surface area contributed by atoms with E-state index < -0.39 is 5.54 Å². The number of thioether (sulfide) groups is 1. The monoisotopic (exact) mass is 241 g/mol. The van der Waals surface area contributed by atoms with Crippen molar-refractivity contribution in [1.29, 1.82) is 0 Å². The molecule has 0 spiro atoms. The van der Waals surface area contributed by atoms with Gasteiger partial charge in [0.25, 0.3) is 0 Å². The maximum Gasteiger partial charge on any atom is 0.232 e. The maximum absolute atomic E-state index is 6.32. The highest BCUT2D eigenvalue weighted by Crippen LogP contribution is 2.38. The minimum Gasteiger partial charge on any atom is -0.339 e. The Kier molecular flexibility index (Phi) is 2.78. The number of nitrogens with zero attached hydrogens (tertiary/aromatic N) is 2. The van der Waals surface area contributed by atoms with Crippen LogP contribution in [0.1, 0.15) is 45.8 Å². The number of rotatable bonds is 1. The van der Waals surface area contributed by atoms with Crippen molar-refractivity contribution in [2.24, 2.45) is 5.73 Å². The van der Waals surface area contributed by atoms with Gasteiger partial charge in [-0.05, 0) is 6.42 Å². The number of hydrogen-bond donors (Lipinski definition) is 1. The molecule has 2 rings (SSSR count). The summed E-state index contributed by atoms with van der Waals surface area (Å²) < 4.78 is 5.29. The van der Waals surface area contributed by atoms with E-state index in [4.69, 9.17) is 10.3 Å². The van der Waals surface area contributed by atoms with Crippen molar-refractivity contribution in [3.63, 3.8) is 0 Å². The van der Waals surface area contributed by atoms with Gasteiger partial charge in [-0.25, -0.2) is 0 Å². The third-order valence-corrected chi connectivity index (χ3v) is 4.21. The average Bonchev–Trinajstić information content (AvgIpc) is 2.71. The molecule has 1 aromatic heterocycles. The molecule has 0 amide bonds. The van der Waals surface area contributed by atoms with Crippen LogP contribution in [0.4, 0.5) is 0 Å². The van der Waals surface area contributed by atoms with Gasteiger partial charge >= 0.3 is 0 Å². The van der Waals surface area contributed by atoms with Crippen LogP contribution in [0.2, 0.25) is 0 Å². The minimum absolute atomic E-state index is 0.112. The Hall–Kier alpha value is -0.550. The summed E-state index contributed by atoms with van der Waals surface area (Å²) in [5, 5.41) is 4.62. The molecule has 2 N–H and O–H groups in total. The van der Waals surface area contributed by atoms with E-state index in [-0.39, 0.29) is 5.41 Å². The van der Waals surface area contributed by atoms with Crippen LogP contribution in [0.15, 0.2) is 4.52 Å². The van der Waals surface area contributed by atoms with Crippen molar-refractivity contribution in [3.8, 4) is 0 Å². The van der Waals surface area contributed by atoms with Crippen molar-refractivity contribution in [1.82, 2.24) is 10.1 Å². The van der Waals surface area contributed by atoms with E-state index in [9.17, 15) is 0 Å². The Morgan fingerprint density at radius 2 is 2.19 bits per heavy atom. The van der Waals surface area contributed by atoms with Crippen LogP contribution < -0.4 is 5.73 Å². The predicted octanol–water partition coefficient (Wildman–Crippen LogP) is 2.05. The Morgan fingerprint density at radius 3 is 2.62 bits per heavy atom. The van der Waals surface area contributed by atoms with Crippen LogP contribution in [0.3, 0.4) is 0 Å². The van der Waals surface area contributed by atoms with Gasteiger partial charge in [-0.2, -0.15) is 16.7 Å². The zero-order chi connectivity index (χ0) is 12.0. The first-order valence-corrected chi connectivity index (χ1v) is 6.61. The number of nitrogens with two attached hydrogens (primary N) is 1. The summed E-state index contributed by atoms with van der Waals surface area (Å²) in [6.07, 6.45) is 0.917. The first-order chi connectivity index (χ1) is 7.31. The average molecular weight is 241 g/mol. The molecule has 2 heterocycles. The summed E-state index contributed by atoms with van der Waals surface area (Å²) in [6, 6.07) is 0. The Morgan fingerprint density at radius 1 is 1.50 bits per heavy atom. The van der Waals surface area contributed by atoms with Crippen LogP contribution in [-0.4, -0.2) is 21.1 Å². The number of hydrogen-bond acceptors (Lipinski definition) is 5. The molecule has 1 aliphatic heterocycles. The highest BCUT2D eigenvalue weighted by atomic mass is 32.2. The minimum atomic E-state index is -0.406. The van der Waals surface area contributed by atoms with E-state index in [0.29, 0.717) is 17.0 Å². The molecule has 0 saturated carbocycles. The molecule has 0 radical (unpaired) electrons. The highest BCUT2D eigenvalue weighted by molar-refractivity contribution is 8.00. The zero-order valence-corrected chi connectivity index (χ0v) is 11.1. The van der Waals surface area contributed by atoms with Crippen molar-refractivity contribution in [2.45, 2.75) is 50.3 Å². The maximum atomic E-state index is 6.32. The molecule has 2 atom stereocenters. The topological polar surface area (TPSA) is 64.9 Å². The predicted molar refractivity (Wildman–Crippen MR) is 65.4 cm³/mol. The van der Waals surface area contributed by atoms with Gasteiger partial charge in [0.15, 0.2) is 5.82 Å². The summed E-state index contributed by atoms with van der Waals surface area (Å²) in [7, 11) is 0. The van der Waals surface area contributed by atoms with Gasteiger partial charge in [0, 0.05) is 16.4 Å². The Labute approximate surface area is 100 Å². The lowest BCUT2D eigenvalue weighted by atomic mass is 9.95. The van der Waals surface area contributed by atoms with E-state index in [2.05, 4.69) is 37.8 Å². The fourth-order valence-corrected chi connectivity index (χ4v) is 3.05. The molecule has 90 valence electrons. The van der Waals surface area contributed by atoms with Crippen LogP contribution in [0.5, 0.6) is 0 Å². The van der Waals surface area contributed by atoms with Gasteiger partial charge in [0.1, 0.15) is 0 Å². The third-order valence-electron chi connectivity index (χ3n) is 2.79. The van der Waals surface area contributed by atoms with Crippen molar-refractivity contribution >= 4 is 11.8 Å². The van der Waals surface area contributed by atoms with E-state index in [1.54, 1.807) is 0 Å². The molecule has 4 nitrogen and oxygen atoms in total. The van der Waals surface area contributed by atoms with Crippen LogP contribution in [0.25, 0.3) is 0 Å². The molecule has 16 heavy (non-hydrogen) atoms. The van der Waals surface area contributed by atoms with Gasteiger partial charge < -0.3 is 10.3 Å². The summed E-state index contributed by atoms with van der Waals surface area (Å²) in [6.45, 7) is 8.35. The largest absolute Gasteiger partial charge is 0.339 e. The molecule has 0 bridgehead atoms. The first-order valence-electron chi connectivity index (χ1n) is 5.56. The van der Waals surface area contributed by atoms with Crippen molar-refractivity contribution < 1.29 is 4.52 Å². The molecule has 1 fully saturated rings. The number of aromatic nitrogens is 2. The standard InChI is InChI=1S/C11H19N3OS/c1-7-5-11(12,6-16-7)8-13-9(15-14-8)10(2,3)4/h7H,5-6,12H2,1-4H3. The highest BCUT2D eigenvalue weighted by Gasteiger charge is 2.40. The van der Waals surface area contributed by atoms with Crippen molar-refractivity contribution in [3.05, 3.63) is 11.7 Å². The summed E-state index contributed by atoms with van der Waals surface area (Å²) in [5.74, 6) is 2.20. The quantitative estimate of drug-likeness (QED) is 0.815. The molecule has 0 aliphatic carbocycles. The van der Waals surface area contributed by atoms with E-state index in [1.807, 2.05) is 11.8 Å². The second-order valence-electron chi connectivity index (χ2n) is 5.66. The first kappa shape index (κ1) is 11.9. The van der Waals surface area contributed by atoms with Gasteiger partial charge in [0.05, 0.1) is 5.54 Å².